The van der Waals surface area contributed by atoms with Crippen molar-refractivity contribution in [3.05, 3.63) is 71.3 Å². The molecule has 1 aliphatic rings. The Morgan fingerprint density at radius 3 is 2.36 bits per heavy atom. The number of oxime groups is 1. The molecule has 0 saturated carbocycles. The molecule has 2 N–H and O–H groups in total. The van der Waals surface area contributed by atoms with Gasteiger partial charge in [0.1, 0.15) is 17.0 Å². The van der Waals surface area contributed by atoms with E-state index in [1.54, 1.807) is 30.3 Å². The van der Waals surface area contributed by atoms with E-state index < -0.39 is 82.8 Å². The number of aromatic nitrogens is 3. The fourth-order valence-electron chi connectivity index (χ4n) is 4.43. The van der Waals surface area contributed by atoms with E-state index in [4.69, 9.17) is 13.9 Å². The number of nitrogens with one attached hydrogen (secondary N) is 1. The molecule has 0 fully saturated rings. The Morgan fingerprint density at radius 2 is 1.73 bits per heavy atom. The zero-order valence-corrected chi connectivity index (χ0v) is 24.3. The third kappa shape index (κ3) is 7.79. The number of alkyl halides is 6. The number of fused-ring (bicyclic) bond motifs is 5. The minimum atomic E-state index is -5.09. The van der Waals surface area contributed by atoms with Gasteiger partial charge in [0.05, 0.1) is 17.9 Å². The number of halogens is 6. The van der Waals surface area contributed by atoms with Crippen LogP contribution in [0.2, 0.25) is 0 Å². The quantitative estimate of drug-likeness (QED) is 0.128. The monoisotopic (exact) mass is 641 g/mol. The van der Waals surface area contributed by atoms with Crippen molar-refractivity contribution in [3.63, 3.8) is 0 Å². The van der Waals surface area contributed by atoms with E-state index in [0.717, 1.165) is 0 Å². The van der Waals surface area contributed by atoms with Crippen LogP contribution in [-0.2, 0) is 27.9 Å². The number of pyridine rings is 1. The number of rotatable bonds is 4. The Hall–Kier alpha value is -4.47. The molecular weight excluding hydrogens is 612 g/mol. The third-order valence-electron chi connectivity index (χ3n) is 6.49. The molecule has 1 amide bonds. The number of amides is 1. The summed E-state index contributed by atoms with van der Waals surface area (Å²) >= 11 is 0. The second kappa shape index (κ2) is 12.9. The topological polar surface area (TPSA) is 132 Å². The molecule has 0 aliphatic carbocycles. The smallest absolute Gasteiger partial charge is 0.426 e. The minimum absolute atomic E-state index is 0.00605. The molecule has 2 aromatic heterocycles. The van der Waals surface area contributed by atoms with Crippen molar-refractivity contribution in [1.82, 2.24) is 15.2 Å². The minimum Gasteiger partial charge on any atom is -0.444 e. The average molecular weight is 642 g/mol. The summed E-state index contributed by atoms with van der Waals surface area (Å²) in [6.45, 7) is 4.03. The second-order valence-corrected chi connectivity index (χ2v) is 11.0. The van der Waals surface area contributed by atoms with Crippen LogP contribution in [0, 0.1) is 0 Å². The predicted octanol–water partition coefficient (Wildman–Crippen LogP) is 7.78. The lowest BCUT2D eigenvalue weighted by Gasteiger charge is -2.32. The molecule has 10 nitrogen and oxygen atoms in total. The largest absolute Gasteiger partial charge is 0.444 e. The van der Waals surface area contributed by atoms with Gasteiger partial charge in [-0.1, -0.05) is 47.6 Å². The first kappa shape index (κ1) is 33.4. The van der Waals surface area contributed by atoms with E-state index >= 15 is 0 Å². The van der Waals surface area contributed by atoms with Crippen molar-refractivity contribution >= 4 is 17.5 Å². The van der Waals surface area contributed by atoms with Gasteiger partial charge in [0.25, 0.3) is 11.8 Å². The highest BCUT2D eigenvalue weighted by Gasteiger charge is 2.61. The first-order valence-corrected chi connectivity index (χ1v) is 13.6. The lowest BCUT2D eigenvalue weighted by Crippen LogP contribution is -2.45. The Balaban J connectivity index is 1.94. The summed E-state index contributed by atoms with van der Waals surface area (Å²) < 4.78 is 104. The third-order valence-corrected chi connectivity index (χ3v) is 6.49. The standard InChI is InChI=1S/C29H29F6N5O5/c1-26(2,3)45-25(41)36-20-15-18(28(30,31)32)21-19(40-42)13-9-4-5-10-14-27(29(33,34)35,43-16-17-11-7-6-8-12-17)24-39-38-23(44-24)22(20)37-21/h4-8,11-12,15,42H,9-10,13-14,16H2,1-3H3,(H,36,41)/b5-4-,40-19+/t27-/m1/s1. The maximum atomic E-state index is 14.9. The summed E-state index contributed by atoms with van der Waals surface area (Å²) in [5.41, 5.74) is -7.82. The molecule has 45 heavy (non-hydrogen) atoms. The highest BCUT2D eigenvalue weighted by Crippen LogP contribution is 2.47. The maximum Gasteiger partial charge on any atom is 0.426 e. The number of anilines is 1. The lowest BCUT2D eigenvalue weighted by molar-refractivity contribution is -0.299. The van der Waals surface area contributed by atoms with E-state index in [-0.39, 0.29) is 19.3 Å². The van der Waals surface area contributed by atoms with E-state index in [0.29, 0.717) is 11.6 Å². The average Bonchev–Trinajstić information content (AvgIpc) is 3.42. The lowest BCUT2D eigenvalue weighted by atomic mass is 9.95. The van der Waals surface area contributed by atoms with Crippen molar-refractivity contribution in [2.45, 2.75) is 76.6 Å². The van der Waals surface area contributed by atoms with Crippen molar-refractivity contribution in [2.24, 2.45) is 5.16 Å². The second-order valence-electron chi connectivity index (χ2n) is 11.0. The SMILES string of the molecule is CC(C)(C)OC(=O)Nc1cc(C(F)(F)F)c2nc1-c1nnc(o1)[C@@](OCc1ccccc1)(C(F)(F)F)CC/C=C\CC/C2=N\O. The highest BCUT2D eigenvalue weighted by atomic mass is 19.4. The Kier molecular flexibility index (Phi) is 9.56. The number of hydrogen-bond acceptors (Lipinski definition) is 9. The van der Waals surface area contributed by atoms with Gasteiger partial charge in [-0.15, -0.1) is 10.2 Å². The Morgan fingerprint density at radius 1 is 1.04 bits per heavy atom. The Labute approximate surface area is 253 Å². The van der Waals surface area contributed by atoms with Crippen molar-refractivity contribution in [2.75, 3.05) is 5.32 Å². The molecule has 1 aromatic carbocycles. The molecule has 4 rings (SSSR count). The van der Waals surface area contributed by atoms with Crippen molar-refractivity contribution in [3.8, 4) is 11.6 Å². The molecule has 16 heteroatoms. The molecule has 3 heterocycles. The van der Waals surface area contributed by atoms with Gasteiger partial charge in [0.2, 0.25) is 5.60 Å². The molecule has 0 saturated heterocycles. The number of allylic oxidation sites excluding steroid dienone is 2. The van der Waals surface area contributed by atoms with Gasteiger partial charge in [-0.05, 0) is 58.1 Å². The van der Waals surface area contributed by atoms with E-state index in [2.05, 4.69) is 25.7 Å². The summed E-state index contributed by atoms with van der Waals surface area (Å²) in [6, 6.07) is 8.53. The van der Waals surface area contributed by atoms with Crippen LogP contribution in [0.4, 0.5) is 36.8 Å². The van der Waals surface area contributed by atoms with Crippen LogP contribution in [0.5, 0.6) is 0 Å². The molecule has 0 spiro atoms. The molecule has 1 aliphatic heterocycles. The van der Waals surface area contributed by atoms with E-state index in [1.807, 2.05) is 0 Å². The van der Waals surface area contributed by atoms with E-state index in [9.17, 15) is 36.3 Å². The number of benzene rings is 1. The molecular formula is C29H29F6N5O5. The number of carbonyl (C=O) groups excluding carboxylic acids is 1. The number of hydrogen-bond donors (Lipinski definition) is 2. The van der Waals surface area contributed by atoms with Crippen LogP contribution in [0.15, 0.2) is 58.1 Å². The number of nitrogens with zero attached hydrogens (tertiary/aromatic N) is 4. The fourth-order valence-corrected chi connectivity index (χ4v) is 4.43. The zero-order valence-electron chi connectivity index (χ0n) is 24.3. The van der Waals surface area contributed by atoms with Crippen LogP contribution in [0.25, 0.3) is 11.6 Å². The number of carbonyl (C=O) groups is 1. The van der Waals surface area contributed by atoms with Gasteiger partial charge in [-0.2, -0.15) is 26.3 Å². The Bertz CT molecular complexity index is 1560. The number of ether oxygens (including phenoxy) is 2. The fraction of sp³-hybridized carbons (Fsp3) is 0.414. The first-order chi connectivity index (χ1) is 21.0. The van der Waals surface area contributed by atoms with Gasteiger partial charge < -0.3 is 19.1 Å². The summed E-state index contributed by atoms with van der Waals surface area (Å²) in [6.07, 6.45) is -9.72. The van der Waals surface area contributed by atoms with Crippen LogP contribution >= 0.6 is 0 Å². The van der Waals surface area contributed by atoms with Gasteiger partial charge in [0.15, 0.2) is 5.69 Å². The van der Waals surface area contributed by atoms with Gasteiger partial charge in [0, 0.05) is 0 Å². The summed E-state index contributed by atoms with van der Waals surface area (Å²) in [5.74, 6) is -1.80. The predicted molar refractivity (Wildman–Crippen MR) is 147 cm³/mol. The van der Waals surface area contributed by atoms with Gasteiger partial charge in [-0.3, -0.25) is 5.32 Å². The van der Waals surface area contributed by atoms with Crippen molar-refractivity contribution in [1.29, 1.82) is 0 Å². The van der Waals surface area contributed by atoms with Crippen LogP contribution in [-0.4, -0.2) is 44.0 Å². The molecule has 242 valence electrons. The van der Waals surface area contributed by atoms with E-state index in [1.165, 1.54) is 32.9 Å². The summed E-state index contributed by atoms with van der Waals surface area (Å²) in [4.78, 5) is 16.6. The van der Waals surface area contributed by atoms with Gasteiger partial charge in [-0.25, -0.2) is 9.78 Å². The zero-order chi connectivity index (χ0) is 33.0. The normalized spacial score (nSPS) is 19.5. The maximum absolute atomic E-state index is 14.9. The van der Waals surface area contributed by atoms with Crippen LogP contribution in [0.1, 0.15) is 69.2 Å². The highest BCUT2D eigenvalue weighted by molar-refractivity contribution is 6.01. The molecule has 0 unspecified atom stereocenters. The molecule has 0 radical (unpaired) electrons. The molecule has 4 bridgehead atoms. The van der Waals surface area contributed by atoms with Crippen LogP contribution in [0.3, 0.4) is 0 Å². The van der Waals surface area contributed by atoms with Crippen molar-refractivity contribution < 1.29 is 50.2 Å². The summed E-state index contributed by atoms with van der Waals surface area (Å²) in [7, 11) is 0. The first-order valence-electron chi connectivity index (χ1n) is 13.6. The molecule has 1 atom stereocenters. The van der Waals surface area contributed by atoms with Crippen LogP contribution < -0.4 is 5.32 Å². The molecule has 3 aromatic rings. The summed E-state index contributed by atoms with van der Waals surface area (Å²) in [5, 5.41) is 22.1. The van der Waals surface area contributed by atoms with Gasteiger partial charge >= 0.3 is 18.4 Å².